The Bertz CT molecular complexity index is 1880. The quantitative estimate of drug-likeness (QED) is 0.287. The Kier molecular flexibility index (Phi) is 5.33. The molecule has 37 heavy (non-hydrogen) atoms. The number of rotatable bonds is 6. The number of H-pyrrole nitrogens is 1. The molecule has 0 radical (unpaired) electrons. The molecule has 4 heterocycles. The van der Waals surface area contributed by atoms with Crippen LogP contribution in [-0.4, -0.2) is 51.4 Å². The minimum absolute atomic E-state index is 0.113. The van der Waals surface area contributed by atoms with Crippen molar-refractivity contribution in [3.8, 4) is 0 Å². The molecule has 3 N–H and O–H groups in total. The minimum atomic E-state index is -3.83. The van der Waals surface area contributed by atoms with E-state index in [0.717, 1.165) is 30.7 Å². The third kappa shape index (κ3) is 4.04. The standard InChI is InChI=1S/C24H21BFN5O5S/c1-37(35,36)31(11-13-2-5-17(25(33)34)18(26)8-13)21-12-30-20(9-16(21)14-3-4-14)22-23(29-30)15-6-7-27-10-19(15)28-24(22)32/h2,5-10,12,14,33-34H,3-4,11H2,1H3,(H,28,32). The number of aromatic amines is 1. The molecule has 4 aromatic heterocycles. The van der Waals surface area contributed by atoms with E-state index in [2.05, 4.69) is 15.1 Å². The first-order chi connectivity index (χ1) is 17.6. The number of pyridine rings is 3. The molecule has 0 atom stereocenters. The van der Waals surface area contributed by atoms with E-state index in [4.69, 9.17) is 0 Å². The number of aromatic nitrogens is 4. The van der Waals surface area contributed by atoms with Crippen molar-refractivity contribution in [2.75, 3.05) is 10.6 Å². The molecule has 13 heteroatoms. The number of nitrogens with one attached hydrogen (secondary N) is 1. The maximum absolute atomic E-state index is 14.4. The van der Waals surface area contributed by atoms with Gasteiger partial charge in [0, 0.05) is 17.0 Å². The van der Waals surface area contributed by atoms with Crippen LogP contribution in [0, 0.1) is 5.82 Å². The number of nitrogens with zero attached hydrogens (tertiary/aromatic N) is 4. The molecule has 0 aliphatic heterocycles. The lowest BCUT2D eigenvalue weighted by Crippen LogP contribution is -2.34. The third-order valence-corrected chi connectivity index (χ3v) is 7.81. The Morgan fingerprint density at radius 1 is 1.24 bits per heavy atom. The van der Waals surface area contributed by atoms with Crippen molar-refractivity contribution in [2.45, 2.75) is 25.3 Å². The Balaban J connectivity index is 1.56. The molecular formula is C24H21BFN5O5S. The summed E-state index contributed by atoms with van der Waals surface area (Å²) in [4.78, 5) is 19.9. The largest absolute Gasteiger partial charge is 0.491 e. The normalized spacial score (nSPS) is 14.1. The van der Waals surface area contributed by atoms with Crippen LogP contribution in [0.1, 0.15) is 29.9 Å². The summed E-state index contributed by atoms with van der Waals surface area (Å²) in [6.07, 6.45) is 7.56. The molecule has 1 aliphatic carbocycles. The fourth-order valence-corrected chi connectivity index (χ4v) is 5.64. The summed E-state index contributed by atoms with van der Waals surface area (Å²) < 4.78 is 43.1. The van der Waals surface area contributed by atoms with Crippen LogP contribution in [0.5, 0.6) is 0 Å². The Labute approximate surface area is 210 Å². The van der Waals surface area contributed by atoms with E-state index < -0.39 is 23.0 Å². The van der Waals surface area contributed by atoms with Gasteiger partial charge in [-0.3, -0.25) is 14.1 Å². The van der Waals surface area contributed by atoms with Crippen molar-refractivity contribution in [1.82, 2.24) is 19.6 Å². The smallest absolute Gasteiger partial charge is 0.423 e. The van der Waals surface area contributed by atoms with Crippen molar-refractivity contribution in [1.29, 1.82) is 0 Å². The molecule has 0 bridgehead atoms. The highest BCUT2D eigenvalue weighted by atomic mass is 32.2. The molecule has 1 aromatic carbocycles. The van der Waals surface area contributed by atoms with Gasteiger partial charge in [-0.15, -0.1) is 0 Å². The summed E-state index contributed by atoms with van der Waals surface area (Å²) in [5.74, 6) is -0.737. The van der Waals surface area contributed by atoms with Gasteiger partial charge in [-0.2, -0.15) is 5.10 Å². The fraction of sp³-hybridized carbons (Fsp3) is 0.208. The third-order valence-electron chi connectivity index (χ3n) is 6.69. The van der Waals surface area contributed by atoms with Gasteiger partial charge in [0.05, 0.1) is 47.3 Å². The summed E-state index contributed by atoms with van der Waals surface area (Å²) in [7, 11) is -5.81. The zero-order valence-corrected chi connectivity index (χ0v) is 20.4. The number of halogens is 1. The first kappa shape index (κ1) is 23.6. The summed E-state index contributed by atoms with van der Waals surface area (Å²) in [6, 6.07) is 7.33. The number of benzene rings is 1. The Morgan fingerprint density at radius 2 is 2.03 bits per heavy atom. The van der Waals surface area contributed by atoms with Crippen molar-refractivity contribution in [2.24, 2.45) is 0 Å². The molecule has 1 saturated carbocycles. The molecule has 1 aliphatic rings. The van der Waals surface area contributed by atoms with E-state index in [-0.39, 0.29) is 23.5 Å². The second-order valence-corrected chi connectivity index (χ2v) is 11.2. The van der Waals surface area contributed by atoms with Crippen LogP contribution in [0.3, 0.4) is 0 Å². The predicted molar refractivity (Wildman–Crippen MR) is 138 cm³/mol. The van der Waals surface area contributed by atoms with E-state index in [1.807, 2.05) is 6.07 Å². The summed E-state index contributed by atoms with van der Waals surface area (Å²) in [5.41, 5.74) is 2.44. The molecule has 1 fully saturated rings. The molecular weight excluding hydrogens is 500 g/mol. The topological polar surface area (TPSA) is 141 Å². The van der Waals surface area contributed by atoms with Crippen LogP contribution in [0.2, 0.25) is 0 Å². The van der Waals surface area contributed by atoms with E-state index in [0.29, 0.717) is 38.6 Å². The van der Waals surface area contributed by atoms with E-state index in [1.165, 1.54) is 21.0 Å². The Hall–Kier alpha value is -3.81. The highest BCUT2D eigenvalue weighted by molar-refractivity contribution is 7.92. The lowest BCUT2D eigenvalue weighted by atomic mass is 9.79. The average molecular weight is 521 g/mol. The highest BCUT2D eigenvalue weighted by Crippen LogP contribution is 2.46. The van der Waals surface area contributed by atoms with Gasteiger partial charge in [0.1, 0.15) is 11.3 Å². The van der Waals surface area contributed by atoms with Gasteiger partial charge in [-0.1, -0.05) is 12.1 Å². The van der Waals surface area contributed by atoms with Crippen LogP contribution in [0.25, 0.3) is 27.3 Å². The lowest BCUT2D eigenvalue weighted by Gasteiger charge is -2.25. The molecule has 0 spiro atoms. The van der Waals surface area contributed by atoms with Crippen molar-refractivity contribution in [3.05, 3.63) is 76.2 Å². The van der Waals surface area contributed by atoms with Crippen LogP contribution >= 0.6 is 0 Å². The van der Waals surface area contributed by atoms with Crippen LogP contribution < -0.4 is 15.3 Å². The van der Waals surface area contributed by atoms with E-state index in [1.54, 1.807) is 24.7 Å². The van der Waals surface area contributed by atoms with Gasteiger partial charge < -0.3 is 15.0 Å². The van der Waals surface area contributed by atoms with Crippen molar-refractivity contribution < 1.29 is 22.9 Å². The minimum Gasteiger partial charge on any atom is -0.423 e. The zero-order chi connectivity index (χ0) is 26.1. The molecule has 5 aromatic rings. The fourth-order valence-electron chi connectivity index (χ4n) is 4.75. The van der Waals surface area contributed by atoms with Gasteiger partial charge in [-0.05, 0) is 48.1 Å². The molecule has 0 saturated heterocycles. The number of anilines is 1. The highest BCUT2D eigenvalue weighted by Gasteiger charge is 2.32. The first-order valence-electron chi connectivity index (χ1n) is 11.6. The first-order valence-corrected chi connectivity index (χ1v) is 13.4. The van der Waals surface area contributed by atoms with Crippen LogP contribution in [-0.2, 0) is 16.6 Å². The number of hydrogen-bond donors (Lipinski definition) is 3. The predicted octanol–water partition coefficient (Wildman–Crippen LogP) is 1.39. The zero-order valence-electron chi connectivity index (χ0n) is 19.6. The van der Waals surface area contributed by atoms with Crippen LogP contribution in [0.4, 0.5) is 10.1 Å². The van der Waals surface area contributed by atoms with Gasteiger partial charge in [0.15, 0.2) is 0 Å². The molecule has 188 valence electrons. The van der Waals surface area contributed by atoms with E-state index in [9.17, 15) is 27.7 Å². The number of fused-ring (bicyclic) bond motifs is 5. The van der Waals surface area contributed by atoms with Crippen LogP contribution in [0.15, 0.2) is 53.7 Å². The Morgan fingerprint density at radius 3 is 2.70 bits per heavy atom. The number of sulfonamides is 1. The van der Waals surface area contributed by atoms with Gasteiger partial charge in [0.2, 0.25) is 10.0 Å². The van der Waals surface area contributed by atoms with Gasteiger partial charge in [-0.25, -0.2) is 17.3 Å². The maximum atomic E-state index is 14.4. The maximum Gasteiger partial charge on any atom is 0.491 e. The SMILES string of the molecule is CS(=O)(=O)N(Cc1ccc(B(O)O)c(F)c1)c1cn2nc3c4ccncc4[nH]c(=O)c3c2cc1C1CC1. The molecule has 6 rings (SSSR count). The van der Waals surface area contributed by atoms with Gasteiger partial charge >= 0.3 is 7.12 Å². The summed E-state index contributed by atoms with van der Waals surface area (Å²) in [5, 5.41) is 24.4. The van der Waals surface area contributed by atoms with Crippen molar-refractivity contribution in [3.63, 3.8) is 0 Å². The summed E-state index contributed by atoms with van der Waals surface area (Å²) >= 11 is 0. The molecule has 0 unspecified atom stereocenters. The average Bonchev–Trinajstić information content (AvgIpc) is 3.61. The monoisotopic (exact) mass is 521 g/mol. The lowest BCUT2D eigenvalue weighted by molar-refractivity contribution is 0.423. The molecule has 10 nitrogen and oxygen atoms in total. The van der Waals surface area contributed by atoms with Crippen molar-refractivity contribution >= 4 is 55.6 Å². The summed E-state index contributed by atoms with van der Waals surface area (Å²) in [6.45, 7) is -0.182. The second kappa shape index (κ2) is 8.37. The van der Waals surface area contributed by atoms with E-state index >= 15 is 0 Å². The molecule has 0 amide bonds. The second-order valence-electron chi connectivity index (χ2n) is 9.32. The van der Waals surface area contributed by atoms with Gasteiger partial charge in [0.25, 0.3) is 5.56 Å². The number of hydrogen-bond acceptors (Lipinski definition) is 7.